The summed E-state index contributed by atoms with van der Waals surface area (Å²) in [5.74, 6) is 1.90. The molecular weight excluding hydrogens is 450 g/mol. The van der Waals surface area contributed by atoms with E-state index in [1.807, 2.05) is 23.6 Å². The minimum absolute atomic E-state index is 0.0995. The zero-order valence-electron chi connectivity index (χ0n) is 20.6. The third-order valence-corrected chi connectivity index (χ3v) is 6.85. The lowest BCUT2D eigenvalue weighted by atomic mass is 9.91. The number of carbonyl (C=O) groups excluding carboxylic acids is 1. The van der Waals surface area contributed by atoms with Crippen LogP contribution in [-0.2, 0) is 17.8 Å². The number of imidazole rings is 1. The lowest BCUT2D eigenvalue weighted by Gasteiger charge is -2.18. The van der Waals surface area contributed by atoms with Crippen molar-refractivity contribution in [1.82, 2.24) is 29.1 Å². The van der Waals surface area contributed by atoms with E-state index in [0.29, 0.717) is 13.0 Å². The van der Waals surface area contributed by atoms with Gasteiger partial charge < -0.3 is 4.57 Å². The molecule has 1 unspecified atom stereocenters. The van der Waals surface area contributed by atoms with Gasteiger partial charge in [0.1, 0.15) is 11.5 Å². The predicted octanol–water partition coefficient (Wildman–Crippen LogP) is 4.46. The summed E-state index contributed by atoms with van der Waals surface area (Å²) in [5, 5.41) is 8.58. The van der Waals surface area contributed by atoms with E-state index < -0.39 is 0 Å². The zero-order chi connectivity index (χ0) is 24.8. The van der Waals surface area contributed by atoms with E-state index in [1.165, 1.54) is 5.56 Å². The van der Waals surface area contributed by atoms with Gasteiger partial charge >= 0.3 is 0 Å². The second-order valence-corrected chi connectivity index (χ2v) is 9.42. The maximum Gasteiger partial charge on any atom is 0.182 e. The van der Waals surface area contributed by atoms with Crippen LogP contribution in [0.1, 0.15) is 42.9 Å². The molecule has 0 radical (unpaired) electrons. The van der Waals surface area contributed by atoms with Crippen LogP contribution >= 0.6 is 0 Å². The minimum atomic E-state index is 0.0995. The molecule has 1 aliphatic heterocycles. The highest BCUT2D eigenvalue weighted by molar-refractivity contribution is 6.08. The molecule has 0 aliphatic carbocycles. The van der Waals surface area contributed by atoms with Crippen LogP contribution in [0.5, 0.6) is 0 Å². The van der Waals surface area contributed by atoms with Crippen LogP contribution in [0.25, 0.3) is 28.2 Å². The molecule has 2 aromatic carbocycles. The molecule has 0 saturated carbocycles. The van der Waals surface area contributed by atoms with Gasteiger partial charge in [-0.2, -0.15) is 0 Å². The predicted molar refractivity (Wildman–Crippen MR) is 139 cm³/mol. The quantitative estimate of drug-likeness (QED) is 0.373. The first kappa shape index (κ1) is 22.3. The fourth-order valence-electron chi connectivity index (χ4n) is 5.03. The van der Waals surface area contributed by atoms with Crippen LogP contribution in [0.15, 0.2) is 59.7 Å². The van der Waals surface area contributed by atoms with Crippen molar-refractivity contribution in [1.29, 1.82) is 0 Å². The number of rotatable bonds is 5. The first-order valence-corrected chi connectivity index (χ1v) is 12.3. The average molecular weight is 478 g/mol. The van der Waals surface area contributed by atoms with Crippen LogP contribution < -0.4 is 0 Å². The largest absolute Gasteiger partial charge is 0.318 e. The number of aromatic nitrogens is 6. The van der Waals surface area contributed by atoms with Gasteiger partial charge in [0.25, 0.3) is 0 Å². The van der Waals surface area contributed by atoms with Gasteiger partial charge in [0.15, 0.2) is 17.3 Å². The fraction of sp³-hybridized carbons (Fsp3) is 0.286. The molecule has 5 aromatic rings. The van der Waals surface area contributed by atoms with Gasteiger partial charge in [0, 0.05) is 30.8 Å². The van der Waals surface area contributed by atoms with Crippen molar-refractivity contribution >= 4 is 28.2 Å². The standard InChI is InChI=1S/C28H27N7O/c1-4-22-28-33-32-18(3)34(28)16-24(30-22)27-31-23-13-20(26-17(2)12-21(36)14-29-26)10-11-25(23)35(27)15-19-8-6-5-7-9-19/h5-11,13,16-17H,4,12,14-15H2,1-3H3. The Labute approximate surface area is 208 Å². The molecule has 0 N–H and O–H groups in total. The maximum atomic E-state index is 11.9. The average Bonchev–Trinajstić information content (AvgIpc) is 3.44. The third kappa shape index (κ3) is 3.79. The number of hydrogen-bond acceptors (Lipinski definition) is 6. The second kappa shape index (κ2) is 8.78. The fourth-order valence-corrected chi connectivity index (χ4v) is 5.03. The van der Waals surface area contributed by atoms with Crippen LogP contribution in [0, 0.1) is 12.8 Å². The summed E-state index contributed by atoms with van der Waals surface area (Å²) in [7, 11) is 0. The van der Waals surface area contributed by atoms with Gasteiger partial charge in [0.05, 0.1) is 23.3 Å². The first-order chi connectivity index (χ1) is 17.5. The molecule has 8 nitrogen and oxygen atoms in total. The Hall–Kier alpha value is -4.20. The SMILES string of the molecule is CCc1nc(-c2nc3cc(C4=NCC(=O)CC4C)ccc3n2Cc2ccccc2)cn2c(C)nnc12. The van der Waals surface area contributed by atoms with Crippen molar-refractivity contribution < 1.29 is 4.79 Å². The molecule has 0 spiro atoms. The van der Waals surface area contributed by atoms with Gasteiger partial charge in [-0.05, 0) is 36.6 Å². The van der Waals surface area contributed by atoms with E-state index in [4.69, 9.17) is 9.97 Å². The summed E-state index contributed by atoms with van der Waals surface area (Å²) < 4.78 is 4.21. The lowest BCUT2D eigenvalue weighted by Crippen LogP contribution is -2.24. The van der Waals surface area contributed by atoms with Crippen molar-refractivity contribution in [3.63, 3.8) is 0 Å². The smallest absolute Gasteiger partial charge is 0.182 e. The van der Waals surface area contributed by atoms with Crippen molar-refractivity contribution in [3.8, 4) is 11.5 Å². The number of carbonyl (C=O) groups is 1. The Balaban J connectivity index is 1.55. The van der Waals surface area contributed by atoms with Crippen molar-refractivity contribution in [2.75, 3.05) is 6.54 Å². The first-order valence-electron chi connectivity index (χ1n) is 12.3. The molecule has 1 atom stereocenters. The summed E-state index contributed by atoms with van der Waals surface area (Å²) in [6.07, 6.45) is 3.26. The molecule has 4 heterocycles. The molecule has 180 valence electrons. The van der Waals surface area contributed by atoms with Crippen LogP contribution in [0.2, 0.25) is 0 Å². The third-order valence-electron chi connectivity index (χ3n) is 6.85. The Kier molecular flexibility index (Phi) is 5.44. The van der Waals surface area contributed by atoms with Crippen LogP contribution in [0.4, 0.5) is 0 Å². The van der Waals surface area contributed by atoms with E-state index in [2.05, 4.69) is 76.1 Å². The second-order valence-electron chi connectivity index (χ2n) is 9.42. The number of benzene rings is 2. The minimum Gasteiger partial charge on any atom is -0.318 e. The van der Waals surface area contributed by atoms with Crippen molar-refractivity contribution in [3.05, 3.63) is 77.4 Å². The molecule has 6 rings (SSSR count). The summed E-state index contributed by atoms with van der Waals surface area (Å²) >= 11 is 0. The molecular formula is C28H27N7O. The molecule has 0 fully saturated rings. The van der Waals surface area contributed by atoms with E-state index in [-0.39, 0.29) is 18.2 Å². The lowest BCUT2D eigenvalue weighted by molar-refractivity contribution is -0.118. The Morgan fingerprint density at radius 1 is 1.06 bits per heavy atom. The van der Waals surface area contributed by atoms with E-state index >= 15 is 0 Å². The Bertz CT molecular complexity index is 1650. The highest BCUT2D eigenvalue weighted by atomic mass is 16.1. The molecule has 0 saturated heterocycles. The summed E-state index contributed by atoms with van der Waals surface area (Å²) in [4.78, 5) is 26.5. The van der Waals surface area contributed by atoms with E-state index in [0.717, 1.165) is 57.4 Å². The zero-order valence-corrected chi connectivity index (χ0v) is 20.6. The summed E-state index contributed by atoms with van der Waals surface area (Å²) in [5.41, 5.74) is 7.54. The number of Topliss-reactive ketones (excluding diaryl/α,β-unsaturated/α-hetero) is 1. The Morgan fingerprint density at radius 3 is 2.67 bits per heavy atom. The van der Waals surface area contributed by atoms with Gasteiger partial charge in [-0.15, -0.1) is 10.2 Å². The number of ketones is 1. The topological polar surface area (TPSA) is 90.3 Å². The van der Waals surface area contributed by atoms with Crippen molar-refractivity contribution in [2.24, 2.45) is 10.9 Å². The van der Waals surface area contributed by atoms with Crippen LogP contribution in [0.3, 0.4) is 0 Å². The normalized spacial score (nSPS) is 16.1. The molecule has 0 amide bonds. The maximum absolute atomic E-state index is 11.9. The molecule has 8 heteroatoms. The Morgan fingerprint density at radius 2 is 1.89 bits per heavy atom. The monoisotopic (exact) mass is 477 g/mol. The number of fused-ring (bicyclic) bond motifs is 2. The highest BCUT2D eigenvalue weighted by Gasteiger charge is 2.23. The van der Waals surface area contributed by atoms with E-state index in [9.17, 15) is 4.79 Å². The van der Waals surface area contributed by atoms with Crippen molar-refractivity contribution in [2.45, 2.75) is 40.2 Å². The number of nitrogens with zero attached hydrogens (tertiary/aromatic N) is 7. The molecule has 3 aromatic heterocycles. The van der Waals surface area contributed by atoms with Gasteiger partial charge in [-0.1, -0.05) is 50.2 Å². The molecule has 36 heavy (non-hydrogen) atoms. The summed E-state index contributed by atoms with van der Waals surface area (Å²) in [6.45, 7) is 7.01. The highest BCUT2D eigenvalue weighted by Crippen LogP contribution is 2.28. The summed E-state index contributed by atoms with van der Waals surface area (Å²) in [6, 6.07) is 16.7. The number of aliphatic imine (C=N–C) groups is 1. The van der Waals surface area contributed by atoms with Crippen LogP contribution in [-0.4, -0.2) is 47.2 Å². The molecule has 0 bridgehead atoms. The van der Waals surface area contributed by atoms with Gasteiger partial charge in [-0.3, -0.25) is 14.2 Å². The number of hydrogen-bond donors (Lipinski definition) is 0. The molecule has 1 aliphatic rings. The van der Waals surface area contributed by atoms with E-state index in [1.54, 1.807) is 0 Å². The van der Waals surface area contributed by atoms with Gasteiger partial charge in [0.2, 0.25) is 0 Å². The van der Waals surface area contributed by atoms with Gasteiger partial charge in [-0.25, -0.2) is 9.97 Å². The number of aryl methyl sites for hydroxylation is 2.